The first-order valence-electron chi connectivity index (χ1n) is 10.9. The molecule has 0 aliphatic rings. The first kappa shape index (κ1) is 25.4. The van der Waals surface area contributed by atoms with Gasteiger partial charge in [0.15, 0.2) is 10.1 Å². The van der Waals surface area contributed by atoms with E-state index in [2.05, 4.69) is 67.3 Å². The molecule has 0 spiro atoms. The Morgan fingerprint density at radius 3 is 2.50 bits per heavy atom. The smallest absolute Gasteiger partial charge is 0.173 e. The second-order valence-corrected chi connectivity index (χ2v) is 12.5. The minimum Gasteiger partial charge on any atom is -0.506 e. The number of rotatable bonds is 7. The molecule has 5 rings (SSSR count). The topological polar surface area (TPSA) is 62.5 Å². The van der Waals surface area contributed by atoms with Crippen LogP contribution in [0.2, 0.25) is 0 Å². The molecule has 5 aromatic rings. The fraction of sp³-hybridized carbons (Fsp3) is 0.0357. The Kier molecular flexibility index (Phi) is 8.04. The summed E-state index contributed by atoms with van der Waals surface area (Å²) < 4.78 is 3.69. The van der Waals surface area contributed by atoms with Gasteiger partial charge in [0.2, 0.25) is 0 Å². The molecule has 0 fully saturated rings. The lowest BCUT2D eigenvalue weighted by molar-refractivity contribution is 0.102. The normalized spacial score (nSPS) is 11.4. The van der Waals surface area contributed by atoms with Crippen LogP contribution in [-0.4, -0.2) is 27.8 Å². The number of phenolic OH excluding ortho intramolecular Hbond substituents is 1. The predicted molar refractivity (Wildman–Crippen MR) is 167 cm³/mol. The lowest BCUT2D eigenvalue weighted by Crippen LogP contribution is -2.01. The van der Waals surface area contributed by atoms with E-state index in [1.165, 1.54) is 11.8 Å². The predicted octanol–water partition coefficient (Wildman–Crippen LogP) is 8.60. The fourth-order valence-electron chi connectivity index (χ4n) is 3.55. The van der Waals surface area contributed by atoms with Crippen LogP contribution in [0.4, 0.5) is 5.69 Å². The lowest BCUT2D eigenvalue weighted by atomic mass is 10.0. The van der Waals surface area contributed by atoms with Gasteiger partial charge < -0.3 is 5.11 Å². The molecule has 0 radical (unpaired) electrons. The van der Waals surface area contributed by atoms with Gasteiger partial charge in [0, 0.05) is 20.9 Å². The molecule has 4 nitrogen and oxygen atoms in total. The largest absolute Gasteiger partial charge is 0.506 e. The highest BCUT2D eigenvalue weighted by Gasteiger charge is 2.11. The Bertz CT molecular complexity index is 1580. The molecule has 1 aromatic heterocycles. The number of nitrogens with zero attached hydrogens (tertiary/aromatic N) is 2. The molecule has 0 bridgehead atoms. The maximum Gasteiger partial charge on any atom is 0.173 e. The van der Waals surface area contributed by atoms with Crippen molar-refractivity contribution in [2.45, 2.75) is 4.34 Å². The molecule has 0 amide bonds. The molecule has 0 saturated carbocycles. The number of carbonyl (C=O) groups is 1. The van der Waals surface area contributed by atoms with E-state index in [0.717, 1.165) is 38.5 Å². The van der Waals surface area contributed by atoms with Crippen LogP contribution in [-0.2, 0) is 0 Å². The van der Waals surface area contributed by atoms with E-state index in [4.69, 9.17) is 0 Å². The summed E-state index contributed by atoms with van der Waals surface area (Å²) in [5.41, 5.74) is 5.28. The van der Waals surface area contributed by atoms with Crippen molar-refractivity contribution in [3.63, 3.8) is 0 Å². The fourth-order valence-corrected chi connectivity index (χ4v) is 7.44. The van der Waals surface area contributed by atoms with Crippen LogP contribution in [0, 0.1) is 7.14 Å². The Hall–Kier alpha value is -2.28. The molecule has 0 aliphatic heterocycles. The zero-order chi connectivity index (χ0) is 25.1. The van der Waals surface area contributed by atoms with Gasteiger partial charge >= 0.3 is 0 Å². The molecule has 4 aromatic carbocycles. The van der Waals surface area contributed by atoms with Crippen molar-refractivity contribution in [2.24, 2.45) is 4.99 Å². The third-order valence-electron chi connectivity index (χ3n) is 5.40. The number of fused-ring (bicyclic) bond motifs is 1. The number of thioether (sulfide) groups is 1. The van der Waals surface area contributed by atoms with Crippen LogP contribution in [0.3, 0.4) is 0 Å². The van der Waals surface area contributed by atoms with Gasteiger partial charge in [-0.1, -0.05) is 66.4 Å². The van der Waals surface area contributed by atoms with Crippen molar-refractivity contribution >= 4 is 96.2 Å². The Labute approximate surface area is 244 Å². The van der Waals surface area contributed by atoms with Crippen molar-refractivity contribution < 1.29 is 9.90 Å². The lowest BCUT2D eigenvalue weighted by Gasteiger charge is -2.03. The van der Waals surface area contributed by atoms with E-state index >= 15 is 0 Å². The number of hydrogen-bond donors (Lipinski definition) is 1. The molecular weight excluding hydrogens is 714 g/mol. The van der Waals surface area contributed by atoms with Crippen molar-refractivity contribution in [2.75, 3.05) is 5.75 Å². The summed E-state index contributed by atoms with van der Waals surface area (Å²) in [7, 11) is 0. The summed E-state index contributed by atoms with van der Waals surface area (Å²) in [6.07, 6.45) is 1.68. The van der Waals surface area contributed by atoms with E-state index in [-0.39, 0.29) is 11.5 Å². The zero-order valence-electron chi connectivity index (χ0n) is 18.7. The minimum atomic E-state index is 0.0797. The van der Waals surface area contributed by atoms with Crippen LogP contribution in [0.15, 0.2) is 94.3 Å². The molecule has 0 saturated heterocycles. The summed E-state index contributed by atoms with van der Waals surface area (Å²) in [6, 6.07) is 27.5. The highest BCUT2D eigenvalue weighted by atomic mass is 127. The highest BCUT2D eigenvalue weighted by Crippen LogP contribution is 2.33. The van der Waals surface area contributed by atoms with E-state index in [1.54, 1.807) is 17.6 Å². The number of hydrogen-bond acceptors (Lipinski definition) is 6. The summed E-state index contributed by atoms with van der Waals surface area (Å²) in [6.45, 7) is 0. The number of thiazole rings is 1. The molecule has 8 heteroatoms. The van der Waals surface area contributed by atoms with Crippen LogP contribution in [0.1, 0.15) is 15.9 Å². The number of aromatic nitrogens is 1. The summed E-state index contributed by atoms with van der Waals surface area (Å²) in [5, 5.41) is 10.3. The van der Waals surface area contributed by atoms with Gasteiger partial charge in [-0.2, -0.15) is 0 Å². The number of carbonyl (C=O) groups excluding carboxylic acids is 1. The maximum absolute atomic E-state index is 12.7. The Balaban J connectivity index is 1.25. The molecule has 36 heavy (non-hydrogen) atoms. The third kappa shape index (κ3) is 5.99. The summed E-state index contributed by atoms with van der Waals surface area (Å²) in [5.74, 6) is 0.646. The van der Waals surface area contributed by atoms with E-state index in [0.29, 0.717) is 16.9 Å². The number of aliphatic imine (C=N–C) groups is 1. The van der Waals surface area contributed by atoms with Gasteiger partial charge in [-0.05, 0) is 86.6 Å². The van der Waals surface area contributed by atoms with Crippen molar-refractivity contribution in [3.8, 4) is 16.9 Å². The third-order valence-corrected chi connectivity index (χ3v) is 9.01. The van der Waals surface area contributed by atoms with Crippen molar-refractivity contribution in [3.05, 3.63) is 103 Å². The van der Waals surface area contributed by atoms with E-state index in [9.17, 15) is 9.90 Å². The maximum atomic E-state index is 12.7. The first-order valence-corrected chi connectivity index (χ1v) is 14.9. The average molecular weight is 732 g/mol. The van der Waals surface area contributed by atoms with E-state index in [1.807, 2.05) is 72.8 Å². The van der Waals surface area contributed by atoms with Gasteiger partial charge in [-0.25, -0.2) is 4.98 Å². The van der Waals surface area contributed by atoms with Crippen LogP contribution < -0.4 is 0 Å². The highest BCUT2D eigenvalue weighted by molar-refractivity contribution is 14.1. The molecule has 178 valence electrons. The number of Topliss-reactive ketones (excluding diaryl/α,β-unsaturated/α-hetero) is 1. The number of benzene rings is 4. The summed E-state index contributed by atoms with van der Waals surface area (Å²) in [4.78, 5) is 22.0. The monoisotopic (exact) mass is 732 g/mol. The van der Waals surface area contributed by atoms with Crippen LogP contribution in [0.25, 0.3) is 21.3 Å². The van der Waals surface area contributed by atoms with Gasteiger partial charge in [-0.15, -0.1) is 11.3 Å². The number of aromatic hydroxyl groups is 1. The quantitative estimate of drug-likeness (QED) is 0.0789. The average Bonchev–Trinajstić information content (AvgIpc) is 3.31. The number of phenols is 1. The first-order chi connectivity index (χ1) is 17.5. The van der Waals surface area contributed by atoms with Gasteiger partial charge in [0.05, 0.1) is 25.2 Å². The molecule has 1 N–H and O–H groups in total. The van der Waals surface area contributed by atoms with Gasteiger partial charge in [-0.3, -0.25) is 9.79 Å². The molecular formula is C28H18I2N2O2S2. The van der Waals surface area contributed by atoms with Crippen molar-refractivity contribution in [1.29, 1.82) is 0 Å². The zero-order valence-corrected chi connectivity index (χ0v) is 24.6. The second-order valence-electron chi connectivity index (χ2n) is 7.87. The molecule has 1 heterocycles. The number of halogens is 2. The standard InChI is InChI=1S/C28H18I2N2O2S2/c29-21-12-20(27(34)23(30)13-21)15-31-22-10-11-24-26(14-22)36-28(32-24)35-16-25(33)19-8-6-18(7-9-19)17-4-2-1-3-5-17/h1-15,34H,16H2. The molecule has 0 atom stereocenters. The Morgan fingerprint density at radius 2 is 1.72 bits per heavy atom. The second kappa shape index (κ2) is 11.4. The summed E-state index contributed by atoms with van der Waals surface area (Å²) >= 11 is 7.35. The van der Waals surface area contributed by atoms with E-state index < -0.39 is 0 Å². The van der Waals surface area contributed by atoms with Crippen molar-refractivity contribution in [1.82, 2.24) is 4.98 Å². The molecule has 0 unspecified atom stereocenters. The van der Waals surface area contributed by atoms with Crippen LogP contribution in [0.5, 0.6) is 5.75 Å². The van der Waals surface area contributed by atoms with Gasteiger partial charge in [0.1, 0.15) is 5.75 Å². The minimum absolute atomic E-state index is 0.0797. The number of ketones is 1. The van der Waals surface area contributed by atoms with Gasteiger partial charge in [0.25, 0.3) is 0 Å². The SMILES string of the molecule is O=C(CSc1nc2ccc(N=Cc3cc(I)cc(I)c3O)cc2s1)c1ccc(-c2ccccc2)cc1. The molecule has 0 aliphatic carbocycles. The van der Waals surface area contributed by atoms with Crippen LogP contribution >= 0.6 is 68.3 Å². The Morgan fingerprint density at radius 1 is 0.972 bits per heavy atom.